The van der Waals surface area contributed by atoms with Gasteiger partial charge in [0.15, 0.2) is 0 Å². The number of nitrogens with one attached hydrogen (secondary N) is 1. The first-order valence-corrected chi connectivity index (χ1v) is 8.99. The second kappa shape index (κ2) is 7.99. The van der Waals surface area contributed by atoms with Gasteiger partial charge in [0, 0.05) is 38.6 Å². The van der Waals surface area contributed by atoms with Gasteiger partial charge < -0.3 is 15.1 Å². The number of pyridine rings is 1. The van der Waals surface area contributed by atoms with Crippen LogP contribution in [0.15, 0.2) is 61.1 Å². The van der Waals surface area contributed by atoms with E-state index in [2.05, 4.69) is 30.1 Å². The molecule has 1 aromatic carbocycles. The number of hydrogen-bond acceptors (Lipinski definition) is 6. The van der Waals surface area contributed by atoms with Crippen LogP contribution in [0.5, 0.6) is 0 Å². The molecule has 142 valence electrons. The molecule has 1 N–H and O–H groups in total. The SMILES string of the molecule is O=C(Nc1ccc(N2CCN(c3ncccn3)CC2)cn1)c1ccccc1F. The van der Waals surface area contributed by atoms with Crippen LogP contribution in [0.1, 0.15) is 10.4 Å². The molecule has 0 bridgehead atoms. The first kappa shape index (κ1) is 17.8. The van der Waals surface area contributed by atoms with Crippen molar-refractivity contribution in [3.8, 4) is 0 Å². The van der Waals surface area contributed by atoms with Crippen LogP contribution >= 0.6 is 0 Å². The predicted molar refractivity (Wildman–Crippen MR) is 105 cm³/mol. The Balaban J connectivity index is 1.36. The zero-order chi connectivity index (χ0) is 19.3. The summed E-state index contributed by atoms with van der Waals surface area (Å²) in [5.74, 6) is 0.0477. The average molecular weight is 378 g/mol. The summed E-state index contributed by atoms with van der Waals surface area (Å²) in [7, 11) is 0. The highest BCUT2D eigenvalue weighted by molar-refractivity contribution is 6.03. The molecule has 1 amide bonds. The topological polar surface area (TPSA) is 74.2 Å². The molecule has 28 heavy (non-hydrogen) atoms. The van der Waals surface area contributed by atoms with Gasteiger partial charge in [-0.15, -0.1) is 0 Å². The number of benzene rings is 1. The van der Waals surface area contributed by atoms with Crippen molar-refractivity contribution >= 4 is 23.4 Å². The fraction of sp³-hybridized carbons (Fsp3) is 0.200. The Bertz CT molecular complexity index is 942. The number of piperazine rings is 1. The van der Waals surface area contributed by atoms with E-state index in [0.29, 0.717) is 5.82 Å². The largest absolute Gasteiger partial charge is 0.367 e. The minimum atomic E-state index is -0.558. The van der Waals surface area contributed by atoms with Gasteiger partial charge in [0.25, 0.3) is 5.91 Å². The second-order valence-electron chi connectivity index (χ2n) is 6.36. The highest BCUT2D eigenvalue weighted by atomic mass is 19.1. The Labute approximate surface area is 161 Å². The molecule has 2 aromatic heterocycles. The van der Waals surface area contributed by atoms with E-state index in [1.165, 1.54) is 12.1 Å². The average Bonchev–Trinajstić information content (AvgIpc) is 2.75. The van der Waals surface area contributed by atoms with E-state index in [-0.39, 0.29) is 5.56 Å². The molecule has 8 heteroatoms. The van der Waals surface area contributed by atoms with Gasteiger partial charge in [-0.1, -0.05) is 12.1 Å². The molecule has 0 unspecified atom stereocenters. The van der Waals surface area contributed by atoms with E-state index in [9.17, 15) is 9.18 Å². The lowest BCUT2D eigenvalue weighted by molar-refractivity contribution is 0.102. The summed E-state index contributed by atoms with van der Waals surface area (Å²) in [6.45, 7) is 3.27. The van der Waals surface area contributed by atoms with Crippen LogP contribution in [0.3, 0.4) is 0 Å². The number of nitrogens with zero attached hydrogens (tertiary/aromatic N) is 5. The van der Waals surface area contributed by atoms with E-state index >= 15 is 0 Å². The van der Waals surface area contributed by atoms with Crippen LogP contribution in [0.4, 0.5) is 21.8 Å². The number of aromatic nitrogens is 3. The van der Waals surface area contributed by atoms with Gasteiger partial charge in [0.05, 0.1) is 17.4 Å². The van der Waals surface area contributed by atoms with Crippen molar-refractivity contribution in [3.63, 3.8) is 0 Å². The normalized spacial score (nSPS) is 14.0. The summed E-state index contributed by atoms with van der Waals surface area (Å²) in [6.07, 6.45) is 5.20. The van der Waals surface area contributed by atoms with Gasteiger partial charge in [-0.3, -0.25) is 4.79 Å². The van der Waals surface area contributed by atoms with Crippen LogP contribution in [0.25, 0.3) is 0 Å². The molecular formula is C20H19FN6O. The van der Waals surface area contributed by atoms with Crippen molar-refractivity contribution < 1.29 is 9.18 Å². The highest BCUT2D eigenvalue weighted by Gasteiger charge is 2.19. The predicted octanol–water partition coefficient (Wildman–Crippen LogP) is 2.59. The summed E-state index contributed by atoms with van der Waals surface area (Å²) < 4.78 is 13.7. The smallest absolute Gasteiger partial charge is 0.259 e. The molecule has 1 aliphatic rings. The van der Waals surface area contributed by atoms with Crippen LogP contribution in [-0.2, 0) is 0 Å². The standard InChI is InChI=1S/C20H19FN6O/c21-17-5-2-1-4-16(17)19(28)25-18-7-6-15(14-24-18)26-10-12-27(13-11-26)20-22-8-3-9-23-20/h1-9,14H,10-13H2,(H,24,25,28). The van der Waals surface area contributed by atoms with Crippen molar-refractivity contribution in [1.29, 1.82) is 0 Å². The molecule has 0 radical (unpaired) electrons. The van der Waals surface area contributed by atoms with Crippen molar-refractivity contribution in [2.45, 2.75) is 0 Å². The molecule has 0 aliphatic carbocycles. The maximum atomic E-state index is 13.7. The molecule has 1 saturated heterocycles. The van der Waals surface area contributed by atoms with Gasteiger partial charge in [-0.05, 0) is 30.3 Å². The van der Waals surface area contributed by atoms with E-state index in [0.717, 1.165) is 37.8 Å². The minimum absolute atomic E-state index is 0.00682. The van der Waals surface area contributed by atoms with Gasteiger partial charge in [0.1, 0.15) is 11.6 Å². The zero-order valence-electron chi connectivity index (χ0n) is 15.1. The first-order chi connectivity index (χ1) is 13.7. The van der Waals surface area contributed by atoms with Crippen LogP contribution in [0, 0.1) is 5.82 Å². The van der Waals surface area contributed by atoms with Crippen molar-refractivity contribution in [2.75, 3.05) is 41.3 Å². The quantitative estimate of drug-likeness (QED) is 0.752. The maximum absolute atomic E-state index is 13.7. The van der Waals surface area contributed by atoms with E-state index in [1.807, 2.05) is 6.07 Å². The Morgan fingerprint density at radius 2 is 1.61 bits per heavy atom. The molecule has 0 atom stereocenters. The zero-order valence-corrected chi connectivity index (χ0v) is 15.1. The van der Waals surface area contributed by atoms with E-state index in [4.69, 9.17) is 0 Å². The number of hydrogen-bond donors (Lipinski definition) is 1. The summed E-state index contributed by atoms with van der Waals surface area (Å²) in [6, 6.07) is 11.3. The van der Waals surface area contributed by atoms with Crippen molar-refractivity contribution in [3.05, 3.63) is 72.4 Å². The maximum Gasteiger partial charge on any atom is 0.259 e. The molecule has 0 saturated carbocycles. The van der Waals surface area contributed by atoms with Crippen LogP contribution < -0.4 is 15.1 Å². The molecule has 4 rings (SSSR count). The number of amides is 1. The number of anilines is 3. The number of carbonyl (C=O) groups excluding carboxylic acids is 1. The number of rotatable bonds is 4. The lowest BCUT2D eigenvalue weighted by Gasteiger charge is -2.35. The number of halogens is 1. The summed E-state index contributed by atoms with van der Waals surface area (Å²) in [5, 5.41) is 2.62. The first-order valence-electron chi connectivity index (χ1n) is 8.99. The number of carbonyl (C=O) groups is 1. The summed E-state index contributed by atoms with van der Waals surface area (Å²) in [4.78, 5) is 29.4. The summed E-state index contributed by atoms with van der Waals surface area (Å²) >= 11 is 0. The van der Waals surface area contributed by atoms with E-state index < -0.39 is 11.7 Å². The lowest BCUT2D eigenvalue weighted by Crippen LogP contribution is -2.47. The Kier molecular flexibility index (Phi) is 5.09. The molecule has 1 aliphatic heterocycles. The van der Waals surface area contributed by atoms with Gasteiger partial charge in [-0.25, -0.2) is 19.3 Å². The fourth-order valence-electron chi connectivity index (χ4n) is 3.10. The van der Waals surface area contributed by atoms with Crippen molar-refractivity contribution in [2.24, 2.45) is 0 Å². The molecule has 3 aromatic rings. The van der Waals surface area contributed by atoms with Gasteiger partial charge >= 0.3 is 0 Å². The molecular weight excluding hydrogens is 359 g/mol. The minimum Gasteiger partial charge on any atom is -0.367 e. The van der Waals surface area contributed by atoms with Gasteiger partial charge in [-0.2, -0.15) is 0 Å². The Morgan fingerprint density at radius 1 is 0.893 bits per heavy atom. The third kappa shape index (κ3) is 3.90. The molecule has 1 fully saturated rings. The fourth-order valence-corrected chi connectivity index (χ4v) is 3.10. The second-order valence-corrected chi connectivity index (χ2v) is 6.36. The molecule has 0 spiro atoms. The third-order valence-corrected chi connectivity index (χ3v) is 4.59. The Morgan fingerprint density at radius 3 is 2.29 bits per heavy atom. The molecule has 7 nitrogen and oxygen atoms in total. The monoisotopic (exact) mass is 378 g/mol. The third-order valence-electron chi connectivity index (χ3n) is 4.59. The highest BCUT2D eigenvalue weighted by Crippen LogP contribution is 2.19. The summed E-state index contributed by atoms with van der Waals surface area (Å²) in [5.41, 5.74) is 0.963. The Hall–Kier alpha value is -3.55. The molecule has 3 heterocycles. The van der Waals surface area contributed by atoms with Gasteiger partial charge in [0.2, 0.25) is 5.95 Å². The van der Waals surface area contributed by atoms with Crippen molar-refractivity contribution in [1.82, 2.24) is 15.0 Å². The van der Waals surface area contributed by atoms with E-state index in [1.54, 1.807) is 42.9 Å². The lowest BCUT2D eigenvalue weighted by atomic mass is 10.2. The van der Waals surface area contributed by atoms with Crippen LogP contribution in [-0.4, -0.2) is 47.0 Å². The van der Waals surface area contributed by atoms with Crippen LogP contribution in [0.2, 0.25) is 0 Å².